The predicted octanol–water partition coefficient (Wildman–Crippen LogP) is -1.64. The standard InChI is InChI=1S/C20H34N2.BrH.ClH/c1-7-22(8-2,9-3)16-12-15-21-17(4)20(5,6)18-13-10-11-14-19(18)21;;/h10-11,13-14H,7-9,12,15-16H2,1-6H3;2*1H/q+2;;/p-2. The van der Waals surface area contributed by atoms with Crippen LogP contribution < -0.4 is 29.4 Å². The fourth-order valence-electron chi connectivity index (χ4n) is 3.95. The van der Waals surface area contributed by atoms with E-state index in [0.29, 0.717) is 0 Å². The Kier molecular flexibility index (Phi) is 9.21. The fraction of sp³-hybridized carbons (Fsp3) is 0.650. The summed E-state index contributed by atoms with van der Waals surface area (Å²) in [6.07, 6.45) is 1.26. The van der Waals surface area contributed by atoms with Crippen LogP contribution in [-0.4, -0.2) is 47.5 Å². The van der Waals surface area contributed by atoms with E-state index >= 15 is 0 Å². The first kappa shape index (κ1) is 23.6. The van der Waals surface area contributed by atoms with Crippen LogP contribution in [0, 0.1) is 0 Å². The predicted molar refractivity (Wildman–Crippen MR) is 96.3 cm³/mol. The molecule has 2 nitrogen and oxygen atoms in total. The summed E-state index contributed by atoms with van der Waals surface area (Å²) in [7, 11) is 0. The molecular formula is C20H34BrClN2. The molecule has 0 aromatic heterocycles. The monoisotopic (exact) mass is 416 g/mol. The zero-order valence-electron chi connectivity index (χ0n) is 16.2. The van der Waals surface area contributed by atoms with Crippen LogP contribution in [0.3, 0.4) is 0 Å². The van der Waals surface area contributed by atoms with Crippen LogP contribution in [-0.2, 0) is 5.41 Å². The van der Waals surface area contributed by atoms with E-state index in [-0.39, 0.29) is 34.8 Å². The van der Waals surface area contributed by atoms with Gasteiger partial charge in [0.1, 0.15) is 0 Å². The van der Waals surface area contributed by atoms with E-state index in [9.17, 15) is 0 Å². The van der Waals surface area contributed by atoms with E-state index in [4.69, 9.17) is 0 Å². The van der Waals surface area contributed by atoms with Crippen molar-refractivity contribution in [3.8, 4) is 0 Å². The number of rotatable bonds is 7. The number of benzene rings is 1. The summed E-state index contributed by atoms with van der Waals surface area (Å²) >= 11 is 0. The SMILES string of the molecule is CC[N+](CC)(CC)CCC[N+]1=C(C)C(C)(C)c2ccccc21.[Br-].[Cl-]. The third kappa shape index (κ3) is 4.23. The van der Waals surface area contributed by atoms with Gasteiger partial charge in [0.25, 0.3) is 0 Å². The number of para-hydroxylation sites is 1. The van der Waals surface area contributed by atoms with Crippen molar-refractivity contribution < 1.29 is 38.4 Å². The van der Waals surface area contributed by atoms with Gasteiger partial charge in [-0.2, -0.15) is 4.58 Å². The third-order valence-corrected chi connectivity index (χ3v) is 6.20. The number of fused-ring (bicyclic) bond motifs is 1. The maximum absolute atomic E-state index is 2.56. The summed E-state index contributed by atoms with van der Waals surface area (Å²) in [6, 6.07) is 8.92. The average Bonchev–Trinajstić information content (AvgIpc) is 2.73. The molecule has 1 aromatic rings. The molecule has 0 saturated carbocycles. The molecule has 138 valence electrons. The molecule has 1 heterocycles. The second kappa shape index (κ2) is 9.35. The van der Waals surface area contributed by atoms with Crippen molar-refractivity contribution in [3.05, 3.63) is 29.8 Å². The van der Waals surface area contributed by atoms with Gasteiger partial charge in [-0.05, 0) is 34.6 Å². The van der Waals surface area contributed by atoms with E-state index in [0.717, 1.165) is 6.54 Å². The van der Waals surface area contributed by atoms with Gasteiger partial charge in [0.05, 0.1) is 38.0 Å². The molecule has 0 unspecified atom stereocenters. The molecule has 24 heavy (non-hydrogen) atoms. The van der Waals surface area contributed by atoms with Crippen molar-refractivity contribution in [1.29, 1.82) is 0 Å². The van der Waals surface area contributed by atoms with Gasteiger partial charge in [-0.15, -0.1) is 0 Å². The van der Waals surface area contributed by atoms with Crippen LogP contribution in [0.15, 0.2) is 24.3 Å². The number of hydrogen-bond acceptors (Lipinski definition) is 0. The van der Waals surface area contributed by atoms with Gasteiger partial charge >= 0.3 is 0 Å². The first-order valence-electron chi connectivity index (χ1n) is 8.98. The minimum absolute atomic E-state index is 0. The Hall–Kier alpha value is -0.380. The van der Waals surface area contributed by atoms with Crippen molar-refractivity contribution >= 4 is 11.4 Å². The lowest BCUT2D eigenvalue weighted by Gasteiger charge is -2.35. The molecule has 0 spiro atoms. The van der Waals surface area contributed by atoms with E-state index < -0.39 is 0 Å². The van der Waals surface area contributed by atoms with Gasteiger partial charge < -0.3 is 33.9 Å². The Morgan fingerprint density at radius 1 is 1.00 bits per heavy atom. The molecule has 0 saturated heterocycles. The summed E-state index contributed by atoms with van der Waals surface area (Å²) in [5.41, 5.74) is 4.57. The lowest BCUT2D eigenvalue weighted by molar-refractivity contribution is -0.924. The first-order chi connectivity index (χ1) is 10.4. The van der Waals surface area contributed by atoms with Crippen molar-refractivity contribution in [2.24, 2.45) is 0 Å². The molecule has 0 amide bonds. The quantitative estimate of drug-likeness (QED) is 0.370. The molecule has 1 aliphatic heterocycles. The van der Waals surface area contributed by atoms with Crippen LogP contribution in [0.5, 0.6) is 0 Å². The largest absolute Gasteiger partial charge is 1.00 e. The highest BCUT2D eigenvalue weighted by atomic mass is 79.9. The van der Waals surface area contributed by atoms with Crippen molar-refractivity contribution in [3.63, 3.8) is 0 Å². The summed E-state index contributed by atoms with van der Waals surface area (Å²) in [5.74, 6) is 0. The molecule has 1 aromatic carbocycles. The highest BCUT2D eigenvalue weighted by Crippen LogP contribution is 2.39. The van der Waals surface area contributed by atoms with Crippen molar-refractivity contribution in [2.75, 3.05) is 32.7 Å². The minimum Gasteiger partial charge on any atom is -1.00 e. The second-order valence-electron chi connectivity index (χ2n) is 7.25. The van der Waals surface area contributed by atoms with Gasteiger partial charge in [-0.3, -0.25) is 0 Å². The summed E-state index contributed by atoms with van der Waals surface area (Å²) < 4.78 is 3.81. The number of hydrogen-bond donors (Lipinski definition) is 0. The summed E-state index contributed by atoms with van der Waals surface area (Å²) in [6.45, 7) is 20.2. The number of halogens is 2. The molecule has 0 aliphatic carbocycles. The van der Waals surface area contributed by atoms with E-state index in [1.807, 2.05) is 0 Å². The zero-order valence-corrected chi connectivity index (χ0v) is 18.5. The molecule has 0 radical (unpaired) electrons. The average molecular weight is 418 g/mol. The minimum atomic E-state index is 0. The fourth-order valence-corrected chi connectivity index (χ4v) is 3.95. The topological polar surface area (TPSA) is 3.01 Å². The van der Waals surface area contributed by atoms with Gasteiger partial charge in [0.15, 0.2) is 12.3 Å². The molecule has 0 N–H and O–H groups in total. The number of nitrogens with zero attached hydrogens (tertiary/aromatic N) is 2. The van der Waals surface area contributed by atoms with Crippen LogP contribution in [0.4, 0.5) is 5.69 Å². The van der Waals surface area contributed by atoms with Crippen LogP contribution in [0.25, 0.3) is 0 Å². The Balaban J connectivity index is 0.00000264. The third-order valence-electron chi connectivity index (χ3n) is 6.20. The van der Waals surface area contributed by atoms with Gasteiger partial charge in [-0.1, -0.05) is 18.2 Å². The summed E-state index contributed by atoms with van der Waals surface area (Å²) in [5, 5.41) is 0. The normalized spacial score (nSPS) is 15.6. The lowest BCUT2D eigenvalue weighted by atomic mass is 9.82. The second-order valence-corrected chi connectivity index (χ2v) is 7.25. The Bertz CT molecular complexity index is 554. The molecule has 0 atom stereocenters. The Morgan fingerprint density at radius 3 is 2.08 bits per heavy atom. The number of quaternary nitrogens is 1. The molecular weight excluding hydrogens is 384 g/mol. The Labute approximate surface area is 165 Å². The molecule has 4 heteroatoms. The highest BCUT2D eigenvalue weighted by molar-refractivity contribution is 5.93. The Morgan fingerprint density at radius 2 is 1.54 bits per heavy atom. The molecule has 2 rings (SSSR count). The summed E-state index contributed by atoms with van der Waals surface area (Å²) in [4.78, 5) is 0. The molecule has 0 bridgehead atoms. The zero-order chi connectivity index (χ0) is 16.4. The van der Waals surface area contributed by atoms with Crippen molar-refractivity contribution in [2.45, 2.75) is 53.4 Å². The van der Waals surface area contributed by atoms with E-state index in [1.54, 1.807) is 0 Å². The maximum atomic E-state index is 2.56. The van der Waals surface area contributed by atoms with Crippen LogP contribution >= 0.6 is 0 Å². The van der Waals surface area contributed by atoms with Crippen LogP contribution in [0.2, 0.25) is 0 Å². The van der Waals surface area contributed by atoms with Gasteiger partial charge in [0, 0.05) is 18.6 Å². The van der Waals surface area contributed by atoms with Crippen molar-refractivity contribution in [1.82, 2.24) is 0 Å². The van der Waals surface area contributed by atoms with Crippen LogP contribution in [0.1, 0.15) is 53.5 Å². The molecule has 0 fully saturated rings. The van der Waals surface area contributed by atoms with Gasteiger partial charge in [-0.25, -0.2) is 0 Å². The first-order valence-corrected chi connectivity index (χ1v) is 8.98. The van der Waals surface area contributed by atoms with E-state index in [2.05, 4.69) is 70.4 Å². The van der Waals surface area contributed by atoms with E-state index in [1.165, 1.54) is 54.0 Å². The maximum Gasteiger partial charge on any atom is 0.209 e. The lowest BCUT2D eigenvalue weighted by Crippen LogP contribution is -3.00. The smallest absolute Gasteiger partial charge is 0.209 e. The molecule has 1 aliphatic rings. The highest BCUT2D eigenvalue weighted by Gasteiger charge is 2.42. The van der Waals surface area contributed by atoms with Gasteiger partial charge in [0.2, 0.25) is 5.69 Å².